The maximum absolute atomic E-state index is 11.2. The molecular weight excluding hydrogens is 230 g/mol. The number of carbonyl (C=O) groups is 1. The van der Waals surface area contributed by atoms with Gasteiger partial charge in [-0.15, -0.1) is 17.4 Å². The fraction of sp³-hybridized carbons (Fsp3) is 0.200. The number of rotatable bonds is 2. The second-order valence-corrected chi connectivity index (χ2v) is 3.85. The van der Waals surface area contributed by atoms with Gasteiger partial charge >= 0.3 is 6.09 Å². The van der Waals surface area contributed by atoms with Crippen LogP contribution in [0.3, 0.4) is 0 Å². The topological polar surface area (TPSA) is 75.7 Å². The zero-order valence-electron chi connectivity index (χ0n) is 8.43. The molecule has 0 saturated heterocycles. The van der Waals surface area contributed by atoms with Crippen LogP contribution in [-0.2, 0) is 0 Å². The molecule has 0 aromatic heterocycles. The number of alkyl halides is 1. The van der Waals surface area contributed by atoms with Crippen molar-refractivity contribution in [2.24, 2.45) is 10.9 Å². The van der Waals surface area contributed by atoms with E-state index in [0.29, 0.717) is 23.4 Å². The predicted octanol–water partition coefficient (Wildman–Crippen LogP) is 0.340. The van der Waals surface area contributed by atoms with Crippen LogP contribution in [0.1, 0.15) is 6.42 Å². The number of hydrogen-bond acceptors (Lipinski definition) is 3. The van der Waals surface area contributed by atoms with E-state index in [9.17, 15) is 4.79 Å². The molecule has 16 heavy (non-hydrogen) atoms. The Bertz CT molecular complexity index is 557. The number of fused-ring (bicyclic) bond motifs is 1. The normalized spacial score (nSPS) is 22.8. The van der Waals surface area contributed by atoms with Crippen molar-refractivity contribution >= 4 is 23.4 Å². The average molecular weight is 241 g/mol. The van der Waals surface area contributed by atoms with Crippen LogP contribution < -0.4 is 16.4 Å². The molecular formula is C10H11ClN3O2+. The molecule has 0 spiro atoms. The molecule has 0 saturated carbocycles. The van der Waals surface area contributed by atoms with E-state index in [1.165, 1.54) is 0 Å². The molecule has 1 heterocycles. The quantitative estimate of drug-likeness (QED) is 0.339. The van der Waals surface area contributed by atoms with E-state index in [2.05, 4.69) is 5.10 Å². The Hall–Kier alpha value is -1.43. The Labute approximate surface area is 96.6 Å². The first kappa shape index (κ1) is 11.1. The summed E-state index contributed by atoms with van der Waals surface area (Å²) >= 11 is 5.66. The van der Waals surface area contributed by atoms with Gasteiger partial charge in [0.2, 0.25) is 0 Å². The third kappa shape index (κ3) is 1.49. The van der Waals surface area contributed by atoms with Crippen molar-refractivity contribution in [2.45, 2.75) is 6.42 Å². The molecule has 0 fully saturated rings. The SMILES string of the molecule is N[N+]1(C(=O)O)N=c2ccccc2=C1CCCl. The lowest BCUT2D eigenvalue weighted by Crippen LogP contribution is -2.51. The number of benzene rings is 1. The Kier molecular flexibility index (Phi) is 2.67. The van der Waals surface area contributed by atoms with Gasteiger partial charge in [0, 0.05) is 17.0 Å². The summed E-state index contributed by atoms with van der Waals surface area (Å²) in [4.78, 5) is 11.2. The number of quaternary nitrogens is 1. The number of halogens is 1. The molecule has 1 aromatic carbocycles. The molecule has 6 heteroatoms. The van der Waals surface area contributed by atoms with Gasteiger partial charge in [-0.3, -0.25) is 0 Å². The number of carboxylic acid groups (broad SMARTS) is 1. The predicted molar refractivity (Wildman–Crippen MR) is 58.4 cm³/mol. The van der Waals surface area contributed by atoms with Crippen LogP contribution in [0, 0.1) is 0 Å². The van der Waals surface area contributed by atoms with Gasteiger partial charge in [-0.2, -0.15) is 4.79 Å². The zero-order chi connectivity index (χ0) is 11.8. The lowest BCUT2D eigenvalue weighted by molar-refractivity contribution is -0.808. The second-order valence-electron chi connectivity index (χ2n) is 3.47. The van der Waals surface area contributed by atoms with E-state index < -0.39 is 10.8 Å². The minimum atomic E-state index is -1.21. The van der Waals surface area contributed by atoms with Crippen LogP contribution in [0.2, 0.25) is 0 Å². The van der Waals surface area contributed by atoms with E-state index in [1.54, 1.807) is 18.2 Å². The maximum atomic E-state index is 11.2. The molecule has 1 aliphatic rings. The van der Waals surface area contributed by atoms with Crippen molar-refractivity contribution < 1.29 is 14.6 Å². The summed E-state index contributed by atoms with van der Waals surface area (Å²) in [5.41, 5.74) is 0.512. The summed E-state index contributed by atoms with van der Waals surface area (Å²) < 4.78 is -0.938. The van der Waals surface area contributed by atoms with Crippen molar-refractivity contribution in [3.8, 4) is 0 Å². The zero-order valence-corrected chi connectivity index (χ0v) is 9.18. The minimum absolute atomic E-state index is 0.309. The van der Waals surface area contributed by atoms with E-state index >= 15 is 0 Å². The number of nitrogens with zero attached hydrogens (tertiary/aromatic N) is 2. The molecule has 1 aliphatic heterocycles. The molecule has 1 unspecified atom stereocenters. The molecule has 0 aliphatic carbocycles. The second kappa shape index (κ2) is 3.86. The monoisotopic (exact) mass is 240 g/mol. The van der Waals surface area contributed by atoms with Crippen LogP contribution in [0.4, 0.5) is 4.79 Å². The molecule has 0 radical (unpaired) electrons. The molecule has 2 rings (SSSR count). The third-order valence-corrected chi connectivity index (χ3v) is 2.70. The van der Waals surface area contributed by atoms with Gasteiger partial charge in [0.15, 0.2) is 5.70 Å². The standard InChI is InChI=1S/C10H10ClN3O2/c11-6-5-9-7-3-1-2-4-8(7)13-14(9,12)10(15)16/h1-4H,5-6,12H2/p+1. The van der Waals surface area contributed by atoms with Crippen LogP contribution in [0.25, 0.3) is 5.70 Å². The molecule has 1 aromatic rings. The van der Waals surface area contributed by atoms with Crippen molar-refractivity contribution in [2.75, 3.05) is 5.88 Å². The fourth-order valence-corrected chi connectivity index (χ4v) is 1.95. The first-order valence-corrected chi connectivity index (χ1v) is 5.29. The van der Waals surface area contributed by atoms with Gasteiger partial charge in [0.25, 0.3) is 0 Å². The first-order chi connectivity index (χ1) is 7.59. The Morgan fingerprint density at radius 3 is 2.81 bits per heavy atom. The largest absolute Gasteiger partial charge is 0.566 e. The molecule has 1 atom stereocenters. The molecule has 0 bridgehead atoms. The van der Waals surface area contributed by atoms with Crippen molar-refractivity contribution in [1.29, 1.82) is 0 Å². The van der Waals surface area contributed by atoms with Gasteiger partial charge in [-0.25, -0.2) is 0 Å². The Morgan fingerprint density at radius 1 is 1.50 bits per heavy atom. The lowest BCUT2D eigenvalue weighted by atomic mass is 10.2. The summed E-state index contributed by atoms with van der Waals surface area (Å²) in [5, 5.41) is 14.5. The van der Waals surface area contributed by atoms with Gasteiger partial charge in [0.05, 0.1) is 5.22 Å². The van der Waals surface area contributed by atoms with Crippen molar-refractivity contribution in [1.82, 2.24) is 0 Å². The van der Waals surface area contributed by atoms with Gasteiger partial charge in [-0.1, -0.05) is 12.1 Å². The van der Waals surface area contributed by atoms with Crippen molar-refractivity contribution in [3.63, 3.8) is 0 Å². The molecule has 84 valence electrons. The van der Waals surface area contributed by atoms with Crippen LogP contribution in [-0.4, -0.2) is 21.8 Å². The summed E-state index contributed by atoms with van der Waals surface area (Å²) in [6.07, 6.45) is -0.818. The van der Waals surface area contributed by atoms with Crippen LogP contribution in [0.5, 0.6) is 0 Å². The highest BCUT2D eigenvalue weighted by atomic mass is 35.5. The van der Waals surface area contributed by atoms with E-state index in [0.717, 1.165) is 5.22 Å². The summed E-state index contributed by atoms with van der Waals surface area (Å²) in [6.45, 7) is 0. The average Bonchev–Trinajstić information content (AvgIpc) is 2.54. The number of amides is 1. The Morgan fingerprint density at radius 2 is 2.19 bits per heavy atom. The first-order valence-electron chi connectivity index (χ1n) is 4.75. The van der Waals surface area contributed by atoms with Gasteiger partial charge in [0.1, 0.15) is 5.36 Å². The van der Waals surface area contributed by atoms with Crippen molar-refractivity contribution in [3.05, 3.63) is 34.8 Å². The smallest absolute Gasteiger partial charge is 0.432 e. The lowest BCUT2D eigenvalue weighted by Gasteiger charge is -2.17. The van der Waals surface area contributed by atoms with E-state index in [1.807, 2.05) is 6.07 Å². The third-order valence-electron chi connectivity index (χ3n) is 2.51. The summed E-state index contributed by atoms with van der Waals surface area (Å²) in [5.74, 6) is 6.07. The highest BCUT2D eigenvalue weighted by Crippen LogP contribution is 2.19. The van der Waals surface area contributed by atoms with Crippen LogP contribution >= 0.6 is 11.6 Å². The maximum Gasteiger partial charge on any atom is 0.566 e. The molecule has 3 N–H and O–H groups in total. The van der Waals surface area contributed by atoms with Crippen LogP contribution in [0.15, 0.2) is 29.4 Å². The van der Waals surface area contributed by atoms with E-state index in [4.69, 9.17) is 22.6 Å². The fourth-order valence-electron chi connectivity index (χ4n) is 1.77. The minimum Gasteiger partial charge on any atom is -0.432 e. The highest BCUT2D eigenvalue weighted by Gasteiger charge is 2.43. The summed E-state index contributed by atoms with van der Waals surface area (Å²) in [7, 11) is 0. The van der Waals surface area contributed by atoms with Gasteiger partial charge < -0.3 is 5.11 Å². The summed E-state index contributed by atoms with van der Waals surface area (Å²) in [6, 6.07) is 7.15. The Balaban J connectivity index is 2.73. The van der Waals surface area contributed by atoms with Gasteiger partial charge in [-0.05, 0) is 17.2 Å². The van der Waals surface area contributed by atoms with E-state index in [-0.39, 0.29) is 0 Å². The molecule has 5 nitrogen and oxygen atoms in total. The number of nitrogens with two attached hydrogens (primary N) is 1. The molecule has 1 amide bonds. The number of hydrogen-bond donors (Lipinski definition) is 2. The highest BCUT2D eigenvalue weighted by molar-refractivity contribution is 6.18.